The zero-order valence-corrected chi connectivity index (χ0v) is 7.96. The number of nitrogens with zero attached hydrogens (tertiary/aromatic N) is 1. The van der Waals surface area contributed by atoms with Crippen LogP contribution in [0.1, 0.15) is 27.2 Å². The minimum absolute atomic E-state index is 1.11. The number of thioether (sulfide) groups is 1. The van der Waals surface area contributed by atoms with Crippen LogP contribution in [-0.2, 0) is 0 Å². The molecule has 0 aromatic carbocycles. The van der Waals surface area contributed by atoms with Crippen LogP contribution >= 0.6 is 11.8 Å². The Morgan fingerprint density at radius 2 is 2.10 bits per heavy atom. The lowest BCUT2D eigenvalue weighted by Gasteiger charge is -1.97. The van der Waals surface area contributed by atoms with Crippen LogP contribution in [0.5, 0.6) is 0 Å². The minimum Gasteiger partial charge on any atom is -0.286 e. The summed E-state index contributed by atoms with van der Waals surface area (Å²) in [4.78, 5) is 5.39. The molecule has 0 saturated carbocycles. The van der Waals surface area contributed by atoms with Crippen LogP contribution in [-0.4, -0.2) is 12.1 Å². The summed E-state index contributed by atoms with van der Waals surface area (Å²) in [5, 5.41) is 1.13. The van der Waals surface area contributed by atoms with Crippen molar-refractivity contribution in [2.24, 2.45) is 4.99 Å². The molecule has 0 aliphatic rings. The molecule has 1 nitrogen and oxygen atoms in total. The molecule has 2 heteroatoms. The fourth-order valence-corrected chi connectivity index (χ4v) is 1.42. The van der Waals surface area contributed by atoms with E-state index in [2.05, 4.69) is 24.9 Å². The highest BCUT2D eigenvalue weighted by atomic mass is 32.2. The molecule has 0 aliphatic carbocycles. The number of allylic oxidation sites excluding steroid dienone is 2. The highest BCUT2D eigenvalue weighted by molar-refractivity contribution is 8.17. The van der Waals surface area contributed by atoms with Crippen molar-refractivity contribution >= 4 is 16.8 Å². The Balaban J connectivity index is 3.79. The Kier molecular flexibility index (Phi) is 5.40. The molecule has 0 atom stereocenters. The van der Waals surface area contributed by atoms with Gasteiger partial charge in [-0.3, -0.25) is 4.99 Å². The van der Waals surface area contributed by atoms with Gasteiger partial charge in [0.05, 0.1) is 5.04 Å². The largest absolute Gasteiger partial charge is 0.286 e. The molecule has 0 saturated heterocycles. The summed E-state index contributed by atoms with van der Waals surface area (Å²) in [5.41, 5.74) is 0. The zero-order chi connectivity index (χ0) is 7.98. The van der Waals surface area contributed by atoms with Gasteiger partial charge in [-0.1, -0.05) is 24.8 Å². The second-order valence-corrected chi connectivity index (χ2v) is 3.51. The van der Waals surface area contributed by atoms with Crippen molar-refractivity contribution in [2.45, 2.75) is 27.2 Å². The summed E-state index contributed by atoms with van der Waals surface area (Å²) >= 11 is 1.74. The van der Waals surface area contributed by atoms with Gasteiger partial charge in [0.15, 0.2) is 0 Å². The monoisotopic (exact) mass is 157 g/mol. The van der Waals surface area contributed by atoms with E-state index in [0.29, 0.717) is 0 Å². The first-order chi connectivity index (χ1) is 4.70. The zero-order valence-electron chi connectivity index (χ0n) is 7.14. The van der Waals surface area contributed by atoms with Gasteiger partial charge in [0.2, 0.25) is 0 Å². The standard InChI is InChI=1S/C8H15NS/c1-5-6-7(2)10-8(3)9-4/h6H,5H2,1-4H3/b7-6-,9-8-. The third-order valence-electron chi connectivity index (χ3n) is 1.12. The summed E-state index contributed by atoms with van der Waals surface area (Å²) in [6.45, 7) is 6.28. The normalized spacial score (nSPS) is 14.0. The predicted molar refractivity (Wildman–Crippen MR) is 50.7 cm³/mol. The Hall–Kier alpha value is -0.240. The second-order valence-electron chi connectivity index (χ2n) is 2.07. The molecule has 0 bridgehead atoms. The number of aliphatic imine (C=N–C) groups is 1. The van der Waals surface area contributed by atoms with Crippen LogP contribution in [0.4, 0.5) is 0 Å². The Morgan fingerprint density at radius 1 is 1.50 bits per heavy atom. The third-order valence-corrected chi connectivity index (χ3v) is 2.08. The van der Waals surface area contributed by atoms with Gasteiger partial charge in [-0.2, -0.15) is 0 Å². The van der Waals surface area contributed by atoms with E-state index < -0.39 is 0 Å². The van der Waals surface area contributed by atoms with Gasteiger partial charge in [0.25, 0.3) is 0 Å². The van der Waals surface area contributed by atoms with Crippen molar-refractivity contribution in [1.82, 2.24) is 0 Å². The molecule has 0 heterocycles. The third kappa shape index (κ3) is 4.62. The van der Waals surface area contributed by atoms with E-state index in [-0.39, 0.29) is 0 Å². The molecule has 0 radical (unpaired) electrons. The van der Waals surface area contributed by atoms with E-state index in [4.69, 9.17) is 0 Å². The second kappa shape index (κ2) is 5.54. The lowest BCUT2D eigenvalue weighted by atomic mass is 10.4. The van der Waals surface area contributed by atoms with E-state index in [1.165, 1.54) is 4.91 Å². The summed E-state index contributed by atoms with van der Waals surface area (Å²) in [5.74, 6) is 0. The lowest BCUT2D eigenvalue weighted by molar-refractivity contribution is 1.21. The highest BCUT2D eigenvalue weighted by Gasteiger charge is 1.91. The first-order valence-corrected chi connectivity index (χ1v) is 4.30. The fraction of sp³-hybridized carbons (Fsp3) is 0.625. The SMILES string of the molecule is CC/C=C(/C)S/C(C)=N\C. The van der Waals surface area contributed by atoms with Gasteiger partial charge in [-0.25, -0.2) is 0 Å². The van der Waals surface area contributed by atoms with Gasteiger partial charge in [-0.15, -0.1) is 0 Å². The van der Waals surface area contributed by atoms with Crippen LogP contribution in [0.3, 0.4) is 0 Å². The maximum absolute atomic E-state index is 4.05. The molecule has 10 heavy (non-hydrogen) atoms. The van der Waals surface area contributed by atoms with Crippen molar-refractivity contribution in [3.05, 3.63) is 11.0 Å². The lowest BCUT2D eigenvalue weighted by Crippen LogP contribution is -1.81. The average Bonchev–Trinajstić information content (AvgIpc) is 1.88. The molecule has 0 aromatic rings. The van der Waals surface area contributed by atoms with E-state index in [1.54, 1.807) is 11.8 Å². The van der Waals surface area contributed by atoms with Crippen LogP contribution in [0, 0.1) is 0 Å². The first kappa shape index (κ1) is 9.76. The summed E-state index contributed by atoms with van der Waals surface area (Å²) < 4.78 is 0. The molecule has 0 unspecified atom stereocenters. The summed E-state index contributed by atoms with van der Waals surface area (Å²) in [6, 6.07) is 0. The van der Waals surface area contributed by atoms with Crippen LogP contribution in [0.25, 0.3) is 0 Å². The van der Waals surface area contributed by atoms with Crippen LogP contribution in [0.15, 0.2) is 16.0 Å². The molecule has 0 aromatic heterocycles. The van der Waals surface area contributed by atoms with E-state index >= 15 is 0 Å². The van der Waals surface area contributed by atoms with Crippen molar-refractivity contribution in [1.29, 1.82) is 0 Å². The van der Waals surface area contributed by atoms with Gasteiger partial charge in [0.1, 0.15) is 0 Å². The van der Waals surface area contributed by atoms with Crippen molar-refractivity contribution in [2.75, 3.05) is 7.05 Å². The van der Waals surface area contributed by atoms with Gasteiger partial charge < -0.3 is 0 Å². The van der Waals surface area contributed by atoms with Crippen molar-refractivity contribution in [3.8, 4) is 0 Å². The van der Waals surface area contributed by atoms with E-state index in [9.17, 15) is 0 Å². The molecule has 0 amide bonds. The van der Waals surface area contributed by atoms with Gasteiger partial charge in [0, 0.05) is 7.05 Å². The van der Waals surface area contributed by atoms with Crippen molar-refractivity contribution in [3.63, 3.8) is 0 Å². The Morgan fingerprint density at radius 3 is 2.50 bits per heavy atom. The van der Waals surface area contributed by atoms with Gasteiger partial charge >= 0.3 is 0 Å². The topological polar surface area (TPSA) is 12.4 Å². The number of rotatable bonds is 2. The molecular formula is C8H15NS. The number of hydrogen-bond donors (Lipinski definition) is 0. The molecule has 0 N–H and O–H groups in total. The summed E-state index contributed by atoms with van der Waals surface area (Å²) in [6.07, 6.45) is 3.31. The summed E-state index contributed by atoms with van der Waals surface area (Å²) in [7, 11) is 1.82. The smallest absolute Gasteiger partial charge is 0.0685 e. The van der Waals surface area contributed by atoms with Crippen LogP contribution in [0.2, 0.25) is 0 Å². The van der Waals surface area contributed by atoms with Crippen molar-refractivity contribution < 1.29 is 0 Å². The molecule has 0 aliphatic heterocycles. The van der Waals surface area contributed by atoms with Gasteiger partial charge in [-0.05, 0) is 25.2 Å². The average molecular weight is 157 g/mol. The molecule has 58 valence electrons. The quantitative estimate of drug-likeness (QED) is 0.443. The van der Waals surface area contributed by atoms with E-state index in [0.717, 1.165) is 11.5 Å². The first-order valence-electron chi connectivity index (χ1n) is 3.48. The molecule has 0 rings (SSSR count). The highest BCUT2D eigenvalue weighted by Crippen LogP contribution is 2.16. The molecule has 0 spiro atoms. The molecular weight excluding hydrogens is 142 g/mol. The van der Waals surface area contributed by atoms with Crippen LogP contribution < -0.4 is 0 Å². The predicted octanol–water partition coefficient (Wildman–Crippen LogP) is 3.08. The fourth-order valence-electron chi connectivity index (χ4n) is 0.608. The van der Waals surface area contributed by atoms with E-state index in [1.807, 2.05) is 14.0 Å². The minimum atomic E-state index is 1.11. The maximum Gasteiger partial charge on any atom is 0.0685 e. The Labute approximate surface area is 67.6 Å². The molecule has 0 fully saturated rings. The Bertz CT molecular complexity index is 147. The maximum atomic E-state index is 4.05. The number of hydrogen-bond acceptors (Lipinski definition) is 2.